The number of rotatable bonds is 3. The maximum absolute atomic E-state index is 2.60. The molecule has 0 unspecified atom stereocenters. The zero-order valence-electron chi connectivity index (χ0n) is 35.0. The van der Waals surface area contributed by atoms with Gasteiger partial charge in [0.15, 0.2) is 0 Å². The van der Waals surface area contributed by atoms with E-state index >= 15 is 0 Å². The number of hydrogen-bond acceptors (Lipinski definition) is 8. The molecule has 0 atom stereocenters. The minimum atomic E-state index is 0.939. The Kier molecular flexibility index (Phi) is 12.4. The Bertz CT molecular complexity index is 1840. The lowest BCUT2D eigenvalue weighted by molar-refractivity contribution is 0.737. The molecule has 0 N–H and O–H groups in total. The van der Waals surface area contributed by atoms with Crippen LogP contribution in [0.25, 0.3) is 0 Å². The first-order valence-electron chi connectivity index (χ1n) is 20.1. The van der Waals surface area contributed by atoms with Crippen LogP contribution in [-0.2, 0) is 6.42 Å². The van der Waals surface area contributed by atoms with Gasteiger partial charge in [0.2, 0.25) is 0 Å². The number of hydrogen-bond donors (Lipinski definition) is 0. The molecule has 8 heteroatoms. The summed E-state index contributed by atoms with van der Waals surface area (Å²) in [6.45, 7) is 15.7. The SMILES string of the molecule is Cc1c2ccc(c1C)N(C)CCCN(C)c1ccc(c(C)c1CCN1CCN(C)c3ccc(cc3)N(C)CCN(C)c3ccc1cc3)N(C)CCCN2C. The van der Waals surface area contributed by atoms with Crippen molar-refractivity contribution in [2.45, 2.75) is 40.0 Å². The van der Waals surface area contributed by atoms with Crippen LogP contribution in [0.5, 0.6) is 0 Å². The second kappa shape index (κ2) is 17.2. The van der Waals surface area contributed by atoms with Crippen LogP contribution in [0.3, 0.4) is 0 Å². The van der Waals surface area contributed by atoms with E-state index in [4.69, 9.17) is 0 Å². The minimum Gasteiger partial charge on any atom is -0.374 e. The van der Waals surface area contributed by atoms with Gasteiger partial charge in [-0.05, 0) is 135 Å². The number of anilines is 8. The Morgan fingerprint density at radius 2 is 0.685 bits per heavy atom. The van der Waals surface area contributed by atoms with Crippen molar-refractivity contribution in [2.24, 2.45) is 0 Å². The predicted octanol–water partition coefficient (Wildman–Crippen LogP) is 7.92. The summed E-state index contributed by atoms with van der Waals surface area (Å²) < 4.78 is 0. The third-order valence-corrected chi connectivity index (χ3v) is 12.4. The molecule has 0 saturated carbocycles. The third-order valence-electron chi connectivity index (χ3n) is 12.4. The van der Waals surface area contributed by atoms with E-state index in [1.54, 1.807) is 0 Å². The van der Waals surface area contributed by atoms with E-state index in [0.717, 1.165) is 78.2 Å². The van der Waals surface area contributed by atoms with Gasteiger partial charge in [-0.15, -0.1) is 0 Å². The summed E-state index contributed by atoms with van der Waals surface area (Å²) in [4.78, 5) is 19.6. The summed E-state index contributed by atoms with van der Waals surface area (Å²) in [7, 11) is 15.7. The maximum Gasteiger partial charge on any atom is 0.0401 e. The van der Waals surface area contributed by atoms with Crippen molar-refractivity contribution in [3.63, 3.8) is 0 Å². The Hall–Kier alpha value is -4.72. The van der Waals surface area contributed by atoms with Crippen LogP contribution in [0.4, 0.5) is 45.5 Å². The van der Waals surface area contributed by atoms with Crippen LogP contribution in [0, 0.1) is 20.8 Å². The van der Waals surface area contributed by atoms with E-state index < -0.39 is 0 Å². The summed E-state index contributed by atoms with van der Waals surface area (Å²) >= 11 is 0. The van der Waals surface area contributed by atoms with E-state index in [1.807, 2.05) is 0 Å². The van der Waals surface area contributed by atoms with Crippen molar-refractivity contribution < 1.29 is 0 Å². The van der Waals surface area contributed by atoms with Crippen molar-refractivity contribution in [3.8, 4) is 0 Å². The number of benzene rings is 4. The molecule has 290 valence electrons. The molecule has 4 aromatic rings. The first kappa shape index (κ1) is 39.0. The van der Waals surface area contributed by atoms with Crippen molar-refractivity contribution in [1.82, 2.24) is 0 Å². The zero-order chi connectivity index (χ0) is 38.5. The van der Waals surface area contributed by atoms with E-state index in [2.05, 4.69) is 182 Å². The van der Waals surface area contributed by atoms with Gasteiger partial charge >= 0.3 is 0 Å². The molecule has 0 spiro atoms. The molecule has 8 bridgehead atoms. The molecule has 0 saturated heterocycles. The van der Waals surface area contributed by atoms with E-state index in [9.17, 15) is 0 Å². The van der Waals surface area contributed by atoms with E-state index in [-0.39, 0.29) is 0 Å². The molecule has 12 rings (SSSR count). The highest BCUT2D eigenvalue weighted by Crippen LogP contribution is 2.34. The largest absolute Gasteiger partial charge is 0.374 e. The number of likely N-dealkylation sites (N-methyl/N-ethyl adjacent to an activating group) is 3. The molecule has 8 heterocycles. The fourth-order valence-corrected chi connectivity index (χ4v) is 8.46. The first-order chi connectivity index (χ1) is 25.9. The number of nitrogens with zero attached hydrogens (tertiary/aromatic N) is 8. The van der Waals surface area contributed by atoms with Crippen LogP contribution in [0.2, 0.25) is 0 Å². The second-order valence-corrected chi connectivity index (χ2v) is 16.0. The van der Waals surface area contributed by atoms with Crippen LogP contribution in [0.15, 0.2) is 72.8 Å². The highest BCUT2D eigenvalue weighted by atomic mass is 15.2. The molecule has 0 aliphatic carbocycles. The summed E-state index contributed by atoms with van der Waals surface area (Å²) in [5.41, 5.74) is 16.1. The molecule has 4 aromatic carbocycles. The summed E-state index contributed by atoms with van der Waals surface area (Å²) in [5.74, 6) is 0. The van der Waals surface area contributed by atoms with Gasteiger partial charge in [-0.2, -0.15) is 0 Å². The summed E-state index contributed by atoms with van der Waals surface area (Å²) in [5, 5.41) is 0. The topological polar surface area (TPSA) is 25.9 Å². The minimum absolute atomic E-state index is 0.939. The van der Waals surface area contributed by atoms with Gasteiger partial charge in [0, 0.05) is 154 Å². The summed E-state index contributed by atoms with van der Waals surface area (Å²) in [6, 6.07) is 27.7. The van der Waals surface area contributed by atoms with Gasteiger partial charge in [-0.3, -0.25) is 0 Å². The molecule has 8 aliphatic rings. The Morgan fingerprint density at radius 1 is 0.352 bits per heavy atom. The fraction of sp³-hybridized carbons (Fsp3) is 0.478. The van der Waals surface area contributed by atoms with Gasteiger partial charge in [0.05, 0.1) is 0 Å². The Labute approximate surface area is 327 Å². The molecule has 0 amide bonds. The van der Waals surface area contributed by atoms with Crippen LogP contribution in [-0.4, -0.2) is 108 Å². The van der Waals surface area contributed by atoms with Gasteiger partial charge in [-0.25, -0.2) is 0 Å². The lowest BCUT2D eigenvalue weighted by atomic mass is 9.99. The van der Waals surface area contributed by atoms with Crippen molar-refractivity contribution in [1.29, 1.82) is 0 Å². The lowest BCUT2D eigenvalue weighted by Crippen LogP contribution is -2.35. The average Bonchev–Trinajstić information content (AvgIpc) is 3.17. The highest BCUT2D eigenvalue weighted by molar-refractivity contribution is 5.69. The van der Waals surface area contributed by atoms with Gasteiger partial charge in [-0.1, -0.05) is 0 Å². The van der Waals surface area contributed by atoms with Crippen LogP contribution >= 0.6 is 0 Å². The highest BCUT2D eigenvalue weighted by Gasteiger charge is 2.20. The molecule has 8 aliphatic heterocycles. The van der Waals surface area contributed by atoms with Crippen LogP contribution in [0.1, 0.15) is 35.1 Å². The lowest BCUT2D eigenvalue weighted by Gasteiger charge is -2.33. The standard InChI is InChI=1S/C46H66N8/c1-35-36(2)44-22-21-43(35)50(7)26-11-28-52(9)45-23-24-46(53(10)29-12-27-51(44)8)42(37(45)3)25-30-54-34-33-49(6)39-15-13-38(14-16-39)47(4)31-32-48(5)40-17-19-41(54)20-18-40/h13-24H,11-12,25-34H2,1-10H3. The molecular weight excluding hydrogens is 665 g/mol. The molecule has 0 aromatic heterocycles. The van der Waals surface area contributed by atoms with E-state index in [1.165, 1.54) is 67.8 Å². The van der Waals surface area contributed by atoms with Crippen molar-refractivity contribution in [2.75, 3.05) is 147 Å². The second-order valence-electron chi connectivity index (χ2n) is 16.0. The third kappa shape index (κ3) is 8.64. The van der Waals surface area contributed by atoms with Crippen LogP contribution < -0.4 is 39.2 Å². The van der Waals surface area contributed by atoms with Gasteiger partial charge in [0.1, 0.15) is 0 Å². The van der Waals surface area contributed by atoms with Gasteiger partial charge in [0.25, 0.3) is 0 Å². The molecule has 54 heavy (non-hydrogen) atoms. The van der Waals surface area contributed by atoms with Crippen molar-refractivity contribution in [3.05, 3.63) is 95.1 Å². The predicted molar refractivity (Wildman–Crippen MR) is 238 cm³/mol. The zero-order valence-corrected chi connectivity index (χ0v) is 35.0. The quantitative estimate of drug-likeness (QED) is 0.210. The Balaban J connectivity index is 1.28. The molecule has 0 radical (unpaired) electrons. The molecule has 0 fully saturated rings. The first-order valence-corrected chi connectivity index (χ1v) is 20.1. The van der Waals surface area contributed by atoms with Gasteiger partial charge < -0.3 is 39.2 Å². The molecular formula is C46H66N8. The van der Waals surface area contributed by atoms with Crippen molar-refractivity contribution >= 4 is 45.5 Å². The average molecular weight is 731 g/mol. The Morgan fingerprint density at radius 3 is 1.11 bits per heavy atom. The summed E-state index contributed by atoms with van der Waals surface area (Å²) in [6.07, 6.45) is 3.16. The smallest absolute Gasteiger partial charge is 0.0401 e. The maximum atomic E-state index is 2.60. The fourth-order valence-electron chi connectivity index (χ4n) is 8.46. The molecule has 8 nitrogen and oxygen atoms in total. The monoisotopic (exact) mass is 731 g/mol. The normalized spacial score (nSPS) is 16.6. The van der Waals surface area contributed by atoms with E-state index in [0.29, 0.717) is 0 Å².